The lowest BCUT2D eigenvalue weighted by Crippen LogP contribution is -1.96. The van der Waals surface area contributed by atoms with Crippen LogP contribution in [0, 0.1) is 0 Å². The topological polar surface area (TPSA) is 17.8 Å². The predicted octanol–water partition coefficient (Wildman–Crippen LogP) is 5.50. The van der Waals surface area contributed by atoms with E-state index in [1.54, 1.807) is 16.8 Å². The predicted molar refractivity (Wildman–Crippen MR) is 84.0 cm³/mol. The summed E-state index contributed by atoms with van der Waals surface area (Å²) < 4.78 is 1.63. The van der Waals surface area contributed by atoms with Gasteiger partial charge in [0.15, 0.2) is 0 Å². The average Bonchev–Trinajstić information content (AvgIpc) is 2.85. The van der Waals surface area contributed by atoms with Gasteiger partial charge in [-0.1, -0.05) is 65.1 Å². The van der Waals surface area contributed by atoms with Crippen molar-refractivity contribution in [3.05, 3.63) is 69.8 Å². The molecule has 0 radical (unpaired) electrons. The van der Waals surface area contributed by atoms with E-state index in [1.807, 2.05) is 42.5 Å². The second kappa shape index (κ2) is 5.49. The fourth-order valence-electron chi connectivity index (χ4n) is 1.91. The molecule has 0 atom stereocenters. The van der Waals surface area contributed by atoms with Gasteiger partial charge in [-0.15, -0.1) is 0 Å². The first kappa shape index (κ1) is 13.5. The highest BCUT2D eigenvalue weighted by atomic mass is 35.5. The van der Waals surface area contributed by atoms with Gasteiger partial charge in [-0.05, 0) is 18.2 Å². The molecule has 0 saturated carbocycles. The SMILES string of the molecule is Clc1ccc(-n2nc(-c3ccccc3)cc2Cl)cc1Cl. The van der Waals surface area contributed by atoms with Gasteiger partial charge in [0.1, 0.15) is 5.15 Å². The summed E-state index contributed by atoms with van der Waals surface area (Å²) in [5, 5.41) is 5.99. The van der Waals surface area contributed by atoms with Gasteiger partial charge in [0.2, 0.25) is 0 Å². The Kier molecular flexibility index (Phi) is 3.70. The van der Waals surface area contributed by atoms with Gasteiger partial charge >= 0.3 is 0 Å². The van der Waals surface area contributed by atoms with Crippen LogP contribution in [0.4, 0.5) is 0 Å². The number of benzene rings is 2. The van der Waals surface area contributed by atoms with Gasteiger partial charge in [0, 0.05) is 11.6 Å². The Morgan fingerprint density at radius 1 is 0.800 bits per heavy atom. The van der Waals surface area contributed by atoms with Crippen LogP contribution in [0.15, 0.2) is 54.6 Å². The summed E-state index contributed by atoms with van der Waals surface area (Å²) in [6.07, 6.45) is 0. The van der Waals surface area contributed by atoms with Crippen molar-refractivity contribution in [2.75, 3.05) is 0 Å². The number of rotatable bonds is 2. The molecule has 0 N–H and O–H groups in total. The summed E-state index contributed by atoms with van der Waals surface area (Å²) in [5.74, 6) is 0. The molecule has 0 spiro atoms. The molecule has 0 aliphatic heterocycles. The van der Waals surface area contributed by atoms with Crippen LogP contribution in [0.2, 0.25) is 15.2 Å². The van der Waals surface area contributed by atoms with Crippen molar-refractivity contribution in [3.63, 3.8) is 0 Å². The molecule has 0 aliphatic rings. The monoisotopic (exact) mass is 322 g/mol. The molecule has 0 saturated heterocycles. The Hall–Kier alpha value is -1.48. The van der Waals surface area contributed by atoms with Crippen LogP contribution in [0.5, 0.6) is 0 Å². The van der Waals surface area contributed by atoms with Crippen LogP contribution in [0.25, 0.3) is 16.9 Å². The van der Waals surface area contributed by atoms with Crippen LogP contribution in [0.3, 0.4) is 0 Å². The van der Waals surface area contributed by atoms with Gasteiger partial charge in [-0.2, -0.15) is 5.10 Å². The molecule has 5 heteroatoms. The highest BCUT2D eigenvalue weighted by molar-refractivity contribution is 6.42. The Labute approximate surface area is 131 Å². The largest absolute Gasteiger partial charge is 0.222 e. The molecule has 2 nitrogen and oxygen atoms in total. The Morgan fingerprint density at radius 3 is 2.25 bits per heavy atom. The molecule has 20 heavy (non-hydrogen) atoms. The Balaban J connectivity index is 2.07. The Morgan fingerprint density at radius 2 is 1.55 bits per heavy atom. The van der Waals surface area contributed by atoms with Crippen molar-refractivity contribution in [2.24, 2.45) is 0 Å². The van der Waals surface area contributed by atoms with Crippen LogP contribution in [-0.2, 0) is 0 Å². The lowest BCUT2D eigenvalue weighted by atomic mass is 10.2. The first-order chi connectivity index (χ1) is 9.65. The molecule has 0 unspecified atom stereocenters. The zero-order chi connectivity index (χ0) is 14.1. The van der Waals surface area contributed by atoms with E-state index in [0.717, 1.165) is 16.9 Å². The quantitative estimate of drug-likeness (QED) is 0.609. The van der Waals surface area contributed by atoms with Crippen molar-refractivity contribution in [1.82, 2.24) is 9.78 Å². The zero-order valence-corrected chi connectivity index (χ0v) is 12.5. The van der Waals surface area contributed by atoms with Crippen LogP contribution in [0.1, 0.15) is 0 Å². The van der Waals surface area contributed by atoms with Crippen molar-refractivity contribution < 1.29 is 0 Å². The first-order valence-electron chi connectivity index (χ1n) is 5.91. The first-order valence-corrected chi connectivity index (χ1v) is 7.05. The normalized spacial score (nSPS) is 10.8. The minimum atomic E-state index is 0.469. The lowest BCUT2D eigenvalue weighted by Gasteiger charge is -2.04. The minimum absolute atomic E-state index is 0.469. The van der Waals surface area contributed by atoms with Gasteiger partial charge in [0.05, 0.1) is 21.4 Å². The number of aromatic nitrogens is 2. The van der Waals surface area contributed by atoms with E-state index in [-0.39, 0.29) is 0 Å². The summed E-state index contributed by atoms with van der Waals surface area (Å²) in [6, 6.07) is 16.9. The summed E-state index contributed by atoms with van der Waals surface area (Å²) in [5.41, 5.74) is 2.58. The molecule has 1 aromatic heterocycles. The summed E-state index contributed by atoms with van der Waals surface area (Å²) >= 11 is 18.2. The minimum Gasteiger partial charge on any atom is -0.222 e. The standard InChI is InChI=1S/C15H9Cl3N2/c16-12-7-6-11(8-13(12)17)20-15(18)9-14(19-20)10-4-2-1-3-5-10/h1-9H. The van der Waals surface area contributed by atoms with Crippen LogP contribution < -0.4 is 0 Å². The maximum atomic E-state index is 6.25. The molecule has 3 aromatic rings. The van der Waals surface area contributed by atoms with E-state index in [2.05, 4.69) is 5.10 Å². The second-order valence-electron chi connectivity index (χ2n) is 4.23. The van der Waals surface area contributed by atoms with Crippen LogP contribution >= 0.6 is 34.8 Å². The highest BCUT2D eigenvalue weighted by Crippen LogP contribution is 2.28. The second-order valence-corrected chi connectivity index (χ2v) is 5.43. The maximum absolute atomic E-state index is 6.25. The molecule has 2 aromatic carbocycles. The summed E-state index contributed by atoms with van der Waals surface area (Å²) in [7, 11) is 0. The fourth-order valence-corrected chi connectivity index (χ4v) is 2.44. The summed E-state index contributed by atoms with van der Waals surface area (Å²) in [6.45, 7) is 0. The molecular formula is C15H9Cl3N2. The van der Waals surface area contributed by atoms with E-state index >= 15 is 0 Å². The number of hydrogen-bond donors (Lipinski definition) is 0. The lowest BCUT2D eigenvalue weighted by molar-refractivity contribution is 0.885. The molecule has 3 rings (SSSR count). The zero-order valence-electron chi connectivity index (χ0n) is 10.2. The average molecular weight is 324 g/mol. The van der Waals surface area contributed by atoms with Crippen LogP contribution in [-0.4, -0.2) is 9.78 Å². The van der Waals surface area contributed by atoms with Gasteiger partial charge in [0.25, 0.3) is 0 Å². The molecule has 0 bridgehead atoms. The molecule has 100 valence electrons. The molecular weight excluding hydrogens is 315 g/mol. The van der Waals surface area contributed by atoms with Crippen molar-refractivity contribution in [3.8, 4) is 16.9 Å². The van der Waals surface area contributed by atoms with Crippen molar-refractivity contribution in [2.45, 2.75) is 0 Å². The van der Waals surface area contributed by atoms with E-state index < -0.39 is 0 Å². The van der Waals surface area contributed by atoms with Gasteiger partial charge in [-0.3, -0.25) is 0 Å². The van der Waals surface area contributed by atoms with E-state index in [4.69, 9.17) is 34.8 Å². The van der Waals surface area contributed by atoms with Gasteiger partial charge < -0.3 is 0 Å². The smallest absolute Gasteiger partial charge is 0.133 e. The van der Waals surface area contributed by atoms with E-state index in [9.17, 15) is 0 Å². The molecule has 0 aliphatic carbocycles. The molecule has 1 heterocycles. The van der Waals surface area contributed by atoms with Crippen molar-refractivity contribution in [1.29, 1.82) is 0 Å². The third kappa shape index (κ3) is 2.55. The highest BCUT2D eigenvalue weighted by Gasteiger charge is 2.10. The summed E-state index contributed by atoms with van der Waals surface area (Å²) in [4.78, 5) is 0. The maximum Gasteiger partial charge on any atom is 0.133 e. The number of halogens is 3. The third-order valence-electron chi connectivity index (χ3n) is 2.88. The Bertz CT molecular complexity index is 751. The number of hydrogen-bond acceptors (Lipinski definition) is 1. The van der Waals surface area contributed by atoms with E-state index in [0.29, 0.717) is 15.2 Å². The molecule has 0 fully saturated rings. The fraction of sp³-hybridized carbons (Fsp3) is 0. The van der Waals surface area contributed by atoms with Crippen molar-refractivity contribution >= 4 is 34.8 Å². The van der Waals surface area contributed by atoms with E-state index in [1.165, 1.54) is 0 Å². The number of nitrogens with zero attached hydrogens (tertiary/aromatic N) is 2. The van der Waals surface area contributed by atoms with Gasteiger partial charge in [-0.25, -0.2) is 4.68 Å². The molecule has 0 amide bonds. The third-order valence-corrected chi connectivity index (χ3v) is 3.89.